The molecule has 0 bridgehead atoms. The Labute approximate surface area is 194 Å². The third kappa shape index (κ3) is 46.3. The van der Waals surface area contributed by atoms with Gasteiger partial charge in [0, 0.05) is 124 Å². The minimum Gasteiger partial charge on any atom is -0.473 e. The fourth-order valence-corrected chi connectivity index (χ4v) is 0. The molecule has 13 heteroatoms. The second kappa shape index (κ2) is 26.3. The van der Waals surface area contributed by atoms with Gasteiger partial charge in [0.05, 0.1) is 0 Å². The average Bonchev–Trinajstić information content (AvgIpc) is 1.88. The van der Waals surface area contributed by atoms with Crippen molar-refractivity contribution >= 4 is 127 Å². The molecule has 0 unspecified atom stereocenters. The van der Waals surface area contributed by atoms with Crippen LogP contribution in [-0.2, 0) is 40.2 Å². The second-order valence-electron chi connectivity index (χ2n) is 1.22. The second-order valence-corrected chi connectivity index (χ2v) is 1.22. The van der Waals surface area contributed by atoms with Gasteiger partial charge in [0.25, 0.3) is 0 Å². The van der Waals surface area contributed by atoms with Crippen LogP contribution in [0.5, 0.6) is 0 Å². The molecule has 2 radical (unpaired) electrons. The van der Waals surface area contributed by atoms with Crippen LogP contribution >= 0.6 is 0 Å². The summed E-state index contributed by atoms with van der Waals surface area (Å²) in [4.78, 5) is 36.4. The van der Waals surface area contributed by atoms with Crippen LogP contribution in [0.4, 0.5) is 0 Å². The fraction of sp³-hybridized carbons (Fsp3) is 0. The van der Waals surface area contributed by atoms with Crippen molar-refractivity contribution in [2.75, 3.05) is 0 Å². The van der Waals surface area contributed by atoms with Crippen LogP contribution in [-0.4, -0.2) is 158 Å². The van der Waals surface area contributed by atoms with Crippen LogP contribution in [0.25, 0.3) is 0 Å². The van der Waals surface area contributed by atoms with Gasteiger partial charge in [-0.25, -0.2) is 19.2 Å². The van der Waals surface area contributed by atoms with E-state index >= 15 is 0 Å². The molecule has 0 saturated heterocycles. The maximum Gasteiger partial charge on any atom is 0.414 e. The van der Waals surface area contributed by atoms with Crippen molar-refractivity contribution in [2.45, 2.75) is 0 Å². The molecular weight excluding hydrogens is 481 g/mol. The molecule has 0 aliphatic carbocycles. The Bertz CT molecular complexity index is 182. The smallest absolute Gasteiger partial charge is 0.414 e. The van der Waals surface area contributed by atoms with Crippen molar-refractivity contribution in [2.24, 2.45) is 0 Å². The van der Waals surface area contributed by atoms with Crippen LogP contribution in [0.1, 0.15) is 0 Å². The standard InChI is InChI=1S/2C2H2O4.2K.2H2O.Pt/c2*3-1(4)2(5)6;;;;;/h2*(H,3,4)(H,5,6);;;2*1H2;. The Morgan fingerprint density at radius 2 is 0.588 bits per heavy atom. The van der Waals surface area contributed by atoms with Crippen molar-refractivity contribution in [3.8, 4) is 0 Å². The summed E-state index contributed by atoms with van der Waals surface area (Å²) in [6.07, 6.45) is 0. The van der Waals surface area contributed by atoms with E-state index in [1.165, 1.54) is 0 Å². The first-order valence-electron chi connectivity index (χ1n) is 2.21. The summed E-state index contributed by atoms with van der Waals surface area (Å²) in [5.41, 5.74) is 0. The third-order valence-corrected chi connectivity index (χ3v) is 0.366. The van der Waals surface area contributed by atoms with E-state index < -0.39 is 23.9 Å². The Morgan fingerprint density at radius 1 is 0.529 bits per heavy atom. The molecule has 0 saturated carbocycles. The van der Waals surface area contributed by atoms with Crippen LogP contribution in [0.3, 0.4) is 0 Å². The largest absolute Gasteiger partial charge is 0.473 e. The van der Waals surface area contributed by atoms with Gasteiger partial charge in [0.2, 0.25) is 0 Å². The Kier molecular flexibility index (Phi) is 66.3. The van der Waals surface area contributed by atoms with E-state index in [0.717, 1.165) is 0 Å². The average molecular weight is 489 g/mol. The predicted molar refractivity (Wildman–Crippen MR) is 49.3 cm³/mol. The molecule has 0 fully saturated rings. The van der Waals surface area contributed by atoms with Gasteiger partial charge < -0.3 is 31.4 Å². The molecule has 0 aliphatic rings. The molecule has 17 heavy (non-hydrogen) atoms. The maximum absolute atomic E-state index is 9.10. The number of carboxylic acid groups (broad SMARTS) is 4. The molecule has 0 spiro atoms. The van der Waals surface area contributed by atoms with Crippen LogP contribution in [0.15, 0.2) is 0 Å². The molecule has 0 aliphatic heterocycles. The first-order chi connectivity index (χ1) is 5.29. The molecule has 0 rings (SSSR count). The van der Waals surface area contributed by atoms with E-state index in [9.17, 15) is 0 Å². The van der Waals surface area contributed by atoms with Gasteiger partial charge in [0.1, 0.15) is 0 Å². The van der Waals surface area contributed by atoms with E-state index in [2.05, 4.69) is 0 Å². The van der Waals surface area contributed by atoms with Crippen molar-refractivity contribution < 1.29 is 71.6 Å². The summed E-state index contributed by atoms with van der Waals surface area (Å²) in [7, 11) is 0. The van der Waals surface area contributed by atoms with E-state index in [1.54, 1.807) is 0 Å². The maximum atomic E-state index is 9.10. The monoisotopic (exact) mass is 489 g/mol. The van der Waals surface area contributed by atoms with E-state index in [-0.39, 0.29) is 135 Å². The van der Waals surface area contributed by atoms with Crippen molar-refractivity contribution in [1.29, 1.82) is 0 Å². The minimum absolute atomic E-state index is 0. The summed E-state index contributed by atoms with van der Waals surface area (Å²) >= 11 is 0. The summed E-state index contributed by atoms with van der Waals surface area (Å²) in [5, 5.41) is 29.6. The van der Waals surface area contributed by atoms with Gasteiger partial charge in [-0.3, -0.25) is 0 Å². The van der Waals surface area contributed by atoms with E-state index in [1.807, 2.05) is 0 Å². The summed E-state index contributed by atoms with van der Waals surface area (Å²) in [6.45, 7) is 0. The van der Waals surface area contributed by atoms with Gasteiger partial charge >= 0.3 is 23.9 Å². The number of rotatable bonds is 0. The molecular formula is C4H8K2O10Pt. The number of aliphatic carboxylic acids is 4. The Hall–Kier alpha value is 1.76. The number of hydrogen-bond donors (Lipinski definition) is 4. The summed E-state index contributed by atoms with van der Waals surface area (Å²) < 4.78 is 0. The van der Waals surface area contributed by atoms with E-state index in [4.69, 9.17) is 39.6 Å². The molecule has 0 heterocycles. The normalized spacial score (nSPS) is 5.18. The zero-order valence-electron chi connectivity index (χ0n) is 8.74. The van der Waals surface area contributed by atoms with Crippen LogP contribution in [0, 0.1) is 0 Å². The zero-order chi connectivity index (χ0) is 10.3. The van der Waals surface area contributed by atoms with Gasteiger partial charge in [-0.05, 0) is 0 Å². The quantitative estimate of drug-likeness (QED) is 0.193. The summed E-state index contributed by atoms with van der Waals surface area (Å²) in [6, 6.07) is 0. The van der Waals surface area contributed by atoms with Crippen molar-refractivity contribution in [3.63, 3.8) is 0 Å². The van der Waals surface area contributed by atoms with Gasteiger partial charge in [0.15, 0.2) is 0 Å². The molecule has 0 aromatic rings. The van der Waals surface area contributed by atoms with Crippen LogP contribution < -0.4 is 0 Å². The SMILES string of the molecule is O.O.O=C(O)C(=O)O.O=C(O)C(=O)O.[K].[K].[Pt]. The predicted octanol–water partition coefficient (Wildman–Crippen LogP) is -4.10. The van der Waals surface area contributed by atoms with Crippen molar-refractivity contribution in [1.82, 2.24) is 0 Å². The van der Waals surface area contributed by atoms with E-state index in [0.29, 0.717) is 0 Å². The number of carbonyl (C=O) groups is 4. The van der Waals surface area contributed by atoms with Gasteiger partial charge in [-0.15, -0.1) is 0 Å². The first kappa shape index (κ1) is 42.8. The molecule has 0 aromatic carbocycles. The summed E-state index contributed by atoms with van der Waals surface area (Å²) in [5.74, 6) is -7.30. The topological polar surface area (TPSA) is 212 Å². The van der Waals surface area contributed by atoms with Crippen molar-refractivity contribution in [3.05, 3.63) is 0 Å². The number of hydrogen-bond acceptors (Lipinski definition) is 4. The minimum atomic E-state index is -1.82. The molecule has 8 N–H and O–H groups in total. The van der Waals surface area contributed by atoms with Gasteiger partial charge in [-0.1, -0.05) is 0 Å². The Morgan fingerprint density at radius 3 is 0.588 bits per heavy atom. The molecule has 10 nitrogen and oxygen atoms in total. The zero-order valence-corrected chi connectivity index (χ0v) is 17.3. The molecule has 0 aromatic heterocycles. The fourth-order valence-electron chi connectivity index (χ4n) is 0. The molecule has 96 valence electrons. The third-order valence-electron chi connectivity index (χ3n) is 0.366. The number of carboxylic acids is 4. The molecule has 0 amide bonds. The van der Waals surface area contributed by atoms with Crippen LogP contribution in [0.2, 0.25) is 0 Å². The van der Waals surface area contributed by atoms with Gasteiger partial charge in [-0.2, -0.15) is 0 Å². The first-order valence-corrected chi connectivity index (χ1v) is 2.21. The molecule has 0 atom stereocenters. The Balaban J connectivity index is -0.0000000182.